The molecule has 1 N–H and O–H groups in total. The van der Waals surface area contributed by atoms with Gasteiger partial charge in [0.05, 0.1) is 18.8 Å². The monoisotopic (exact) mass is 172 g/mol. The maximum atomic E-state index is 11.3. The zero-order chi connectivity index (χ0) is 9.19. The fourth-order valence-corrected chi connectivity index (χ4v) is 1.47. The molecule has 0 spiro atoms. The molecule has 70 valence electrons. The summed E-state index contributed by atoms with van der Waals surface area (Å²) in [4.78, 5) is 11.3. The molecule has 1 unspecified atom stereocenters. The van der Waals surface area contributed by atoms with Crippen LogP contribution < -0.4 is 0 Å². The van der Waals surface area contributed by atoms with Gasteiger partial charge in [0.25, 0.3) is 0 Å². The third kappa shape index (κ3) is 2.91. The molecule has 0 aromatic rings. The van der Waals surface area contributed by atoms with Crippen LogP contribution in [0.4, 0.5) is 0 Å². The van der Waals surface area contributed by atoms with Crippen molar-refractivity contribution in [1.82, 2.24) is 0 Å². The molecule has 3 heteroatoms. The molecule has 0 aromatic heterocycles. The molecule has 1 heterocycles. The van der Waals surface area contributed by atoms with Gasteiger partial charge in [0, 0.05) is 12.3 Å². The first-order valence-electron chi connectivity index (χ1n) is 4.32. The Morgan fingerprint density at radius 3 is 2.83 bits per heavy atom. The number of hydrogen-bond acceptors (Lipinski definition) is 3. The summed E-state index contributed by atoms with van der Waals surface area (Å²) in [5.41, 5.74) is -0.763. The second-order valence-electron chi connectivity index (χ2n) is 4.00. The van der Waals surface area contributed by atoms with E-state index in [2.05, 4.69) is 0 Å². The van der Waals surface area contributed by atoms with Gasteiger partial charge < -0.3 is 9.84 Å². The first-order valence-corrected chi connectivity index (χ1v) is 4.32. The fraction of sp³-hybridized carbons (Fsp3) is 0.889. The Bertz CT molecular complexity index is 169. The van der Waals surface area contributed by atoms with Crippen molar-refractivity contribution < 1.29 is 14.6 Å². The lowest BCUT2D eigenvalue weighted by Gasteiger charge is -2.26. The highest BCUT2D eigenvalue weighted by Gasteiger charge is 2.28. The smallest absolute Gasteiger partial charge is 0.140 e. The molecule has 1 atom stereocenters. The van der Waals surface area contributed by atoms with E-state index in [0.29, 0.717) is 26.1 Å². The van der Waals surface area contributed by atoms with E-state index in [1.807, 2.05) is 0 Å². The van der Waals surface area contributed by atoms with Crippen LogP contribution in [-0.2, 0) is 9.53 Å². The molecule has 0 saturated carbocycles. The van der Waals surface area contributed by atoms with Crippen LogP contribution in [0.3, 0.4) is 0 Å². The van der Waals surface area contributed by atoms with Crippen molar-refractivity contribution in [2.24, 2.45) is 5.92 Å². The maximum Gasteiger partial charge on any atom is 0.140 e. The molecule has 0 bridgehead atoms. The number of rotatable bonds is 2. The van der Waals surface area contributed by atoms with Gasteiger partial charge in [-0.1, -0.05) is 0 Å². The molecule has 12 heavy (non-hydrogen) atoms. The van der Waals surface area contributed by atoms with E-state index in [4.69, 9.17) is 4.74 Å². The third-order valence-electron chi connectivity index (χ3n) is 2.01. The Balaban J connectivity index is 2.45. The molecule has 1 aliphatic rings. The van der Waals surface area contributed by atoms with Crippen LogP contribution in [0.2, 0.25) is 0 Å². The standard InChI is InChI=1S/C9H16O3/c1-9(2,11)5-7-6-12-4-3-8(7)10/h7,11H,3-6H2,1-2H3. The topological polar surface area (TPSA) is 46.5 Å². The lowest BCUT2D eigenvalue weighted by atomic mass is 9.89. The van der Waals surface area contributed by atoms with Gasteiger partial charge in [-0.15, -0.1) is 0 Å². The van der Waals surface area contributed by atoms with Crippen molar-refractivity contribution in [3.05, 3.63) is 0 Å². The van der Waals surface area contributed by atoms with E-state index in [9.17, 15) is 9.90 Å². The van der Waals surface area contributed by atoms with Crippen LogP contribution in [0.5, 0.6) is 0 Å². The SMILES string of the molecule is CC(C)(O)CC1COCCC1=O. The van der Waals surface area contributed by atoms with Crippen LogP contribution in [0.15, 0.2) is 0 Å². The van der Waals surface area contributed by atoms with Crippen LogP contribution in [-0.4, -0.2) is 29.7 Å². The van der Waals surface area contributed by atoms with E-state index >= 15 is 0 Å². The second-order valence-corrected chi connectivity index (χ2v) is 4.00. The molecule has 3 nitrogen and oxygen atoms in total. The number of carbonyl (C=O) groups excluding carboxylic acids is 1. The van der Waals surface area contributed by atoms with E-state index in [1.165, 1.54) is 0 Å². The highest BCUT2D eigenvalue weighted by Crippen LogP contribution is 2.21. The zero-order valence-corrected chi connectivity index (χ0v) is 7.67. The summed E-state index contributed by atoms with van der Waals surface area (Å²) < 4.78 is 5.17. The number of hydrogen-bond donors (Lipinski definition) is 1. The average molecular weight is 172 g/mol. The first kappa shape index (κ1) is 9.68. The predicted molar refractivity (Wildman–Crippen MR) is 44.8 cm³/mol. The molecule has 1 saturated heterocycles. The Kier molecular flexibility index (Phi) is 2.85. The molecule has 0 amide bonds. The number of ketones is 1. The van der Waals surface area contributed by atoms with Gasteiger partial charge in [-0.3, -0.25) is 4.79 Å². The van der Waals surface area contributed by atoms with E-state index in [-0.39, 0.29) is 11.7 Å². The summed E-state index contributed by atoms with van der Waals surface area (Å²) in [5.74, 6) is 0.127. The van der Waals surface area contributed by atoms with Gasteiger partial charge >= 0.3 is 0 Å². The Labute approximate surface area is 72.7 Å². The van der Waals surface area contributed by atoms with E-state index in [1.54, 1.807) is 13.8 Å². The average Bonchev–Trinajstić information content (AvgIpc) is 1.91. The quantitative estimate of drug-likeness (QED) is 0.668. The summed E-state index contributed by atoms with van der Waals surface area (Å²) in [6.45, 7) is 4.45. The normalized spacial score (nSPS) is 25.9. The van der Waals surface area contributed by atoms with Crippen molar-refractivity contribution in [3.8, 4) is 0 Å². The van der Waals surface area contributed by atoms with Crippen LogP contribution >= 0.6 is 0 Å². The summed E-state index contributed by atoms with van der Waals surface area (Å²) in [5, 5.41) is 9.48. The molecule has 1 aliphatic heterocycles. The summed E-state index contributed by atoms with van der Waals surface area (Å²) in [7, 11) is 0. The largest absolute Gasteiger partial charge is 0.390 e. The Morgan fingerprint density at radius 1 is 1.67 bits per heavy atom. The number of ether oxygens (including phenoxy) is 1. The summed E-state index contributed by atoms with van der Waals surface area (Å²) in [6, 6.07) is 0. The van der Waals surface area contributed by atoms with Crippen molar-refractivity contribution in [2.75, 3.05) is 13.2 Å². The van der Waals surface area contributed by atoms with Gasteiger partial charge in [0.2, 0.25) is 0 Å². The minimum absolute atomic E-state index is 0.0984. The molecule has 1 fully saturated rings. The van der Waals surface area contributed by atoms with Gasteiger partial charge in [-0.05, 0) is 20.3 Å². The Hall–Kier alpha value is -0.410. The van der Waals surface area contributed by atoms with E-state index < -0.39 is 5.60 Å². The number of carbonyl (C=O) groups is 1. The summed E-state index contributed by atoms with van der Waals surface area (Å²) in [6.07, 6.45) is 1.01. The fourth-order valence-electron chi connectivity index (χ4n) is 1.47. The first-order chi connectivity index (χ1) is 5.49. The molecule has 0 aliphatic carbocycles. The maximum absolute atomic E-state index is 11.3. The zero-order valence-electron chi connectivity index (χ0n) is 7.67. The van der Waals surface area contributed by atoms with Crippen molar-refractivity contribution >= 4 is 5.78 Å². The minimum Gasteiger partial charge on any atom is -0.390 e. The molecule has 0 aromatic carbocycles. The lowest BCUT2D eigenvalue weighted by molar-refractivity contribution is -0.133. The second kappa shape index (κ2) is 3.54. The number of aliphatic hydroxyl groups is 1. The summed E-state index contributed by atoms with van der Waals surface area (Å²) >= 11 is 0. The van der Waals surface area contributed by atoms with E-state index in [0.717, 1.165) is 0 Å². The molecule has 1 rings (SSSR count). The van der Waals surface area contributed by atoms with Gasteiger partial charge in [0.15, 0.2) is 0 Å². The van der Waals surface area contributed by atoms with Crippen LogP contribution in [0.25, 0.3) is 0 Å². The van der Waals surface area contributed by atoms with Gasteiger partial charge in [-0.25, -0.2) is 0 Å². The van der Waals surface area contributed by atoms with Gasteiger partial charge in [-0.2, -0.15) is 0 Å². The van der Waals surface area contributed by atoms with Gasteiger partial charge in [0.1, 0.15) is 5.78 Å². The third-order valence-corrected chi connectivity index (χ3v) is 2.01. The molecular weight excluding hydrogens is 156 g/mol. The predicted octanol–water partition coefficient (Wildman–Crippen LogP) is 0.753. The highest BCUT2D eigenvalue weighted by atomic mass is 16.5. The molecule has 0 radical (unpaired) electrons. The highest BCUT2D eigenvalue weighted by molar-refractivity contribution is 5.81. The van der Waals surface area contributed by atoms with Crippen molar-refractivity contribution in [1.29, 1.82) is 0 Å². The van der Waals surface area contributed by atoms with Crippen molar-refractivity contribution in [3.63, 3.8) is 0 Å². The van der Waals surface area contributed by atoms with Crippen LogP contribution in [0, 0.1) is 5.92 Å². The minimum atomic E-state index is -0.763. The lowest BCUT2D eigenvalue weighted by Crippen LogP contribution is -2.34. The van der Waals surface area contributed by atoms with Crippen molar-refractivity contribution in [2.45, 2.75) is 32.3 Å². The Morgan fingerprint density at radius 2 is 2.33 bits per heavy atom. The molecular formula is C9H16O3. The number of Topliss-reactive ketones (excluding diaryl/α,β-unsaturated/α-hetero) is 1. The van der Waals surface area contributed by atoms with Crippen LogP contribution in [0.1, 0.15) is 26.7 Å².